The molecule has 0 aliphatic carbocycles. The van der Waals surface area contributed by atoms with Crippen molar-refractivity contribution < 1.29 is 14.3 Å². The standard InChI is InChI=1S/C23H17BrFNO2/c1-14-6-8-15(9-7-14)20-21(18-4-2-3-5-19(18)25)26(23(28)22(20)27)17-12-10-16(24)11-13-17/h2-13,21,27H,1H3/t21-/m0/s1. The number of carbonyl (C=O) groups is 1. The van der Waals surface area contributed by atoms with Crippen LogP contribution in [-0.2, 0) is 4.79 Å². The smallest absolute Gasteiger partial charge is 0.294 e. The van der Waals surface area contributed by atoms with Gasteiger partial charge in [-0.2, -0.15) is 0 Å². The fraction of sp³-hybridized carbons (Fsp3) is 0.0870. The fourth-order valence-electron chi connectivity index (χ4n) is 3.49. The lowest BCUT2D eigenvalue weighted by molar-refractivity contribution is -0.117. The number of nitrogens with zero attached hydrogens (tertiary/aromatic N) is 1. The molecule has 140 valence electrons. The highest BCUT2D eigenvalue weighted by atomic mass is 79.9. The first-order valence-corrected chi connectivity index (χ1v) is 9.60. The van der Waals surface area contributed by atoms with Crippen molar-refractivity contribution in [3.8, 4) is 0 Å². The van der Waals surface area contributed by atoms with Crippen LogP contribution in [0, 0.1) is 12.7 Å². The highest BCUT2D eigenvalue weighted by Gasteiger charge is 2.42. The molecule has 1 atom stereocenters. The minimum absolute atomic E-state index is 0.332. The van der Waals surface area contributed by atoms with E-state index in [1.165, 1.54) is 11.0 Å². The number of halogens is 2. The summed E-state index contributed by atoms with van der Waals surface area (Å²) in [6.07, 6.45) is 0. The molecular formula is C23H17BrFNO2. The molecule has 3 aromatic carbocycles. The maximum atomic E-state index is 14.8. The molecule has 0 fully saturated rings. The molecule has 5 heteroatoms. The van der Waals surface area contributed by atoms with E-state index in [1.807, 2.05) is 43.3 Å². The Labute approximate surface area is 170 Å². The molecular weight excluding hydrogens is 421 g/mol. The van der Waals surface area contributed by atoms with Crippen LogP contribution in [-0.4, -0.2) is 11.0 Å². The molecule has 1 aliphatic rings. The van der Waals surface area contributed by atoms with E-state index in [-0.39, 0.29) is 5.76 Å². The highest BCUT2D eigenvalue weighted by Crippen LogP contribution is 2.46. The number of hydrogen-bond donors (Lipinski definition) is 1. The van der Waals surface area contributed by atoms with E-state index in [2.05, 4.69) is 15.9 Å². The molecule has 1 amide bonds. The quantitative estimate of drug-likeness (QED) is 0.549. The summed E-state index contributed by atoms with van der Waals surface area (Å²) >= 11 is 3.38. The molecule has 1 N–H and O–H groups in total. The van der Waals surface area contributed by atoms with Crippen molar-refractivity contribution in [3.05, 3.63) is 106 Å². The molecule has 0 spiro atoms. The lowest BCUT2D eigenvalue weighted by Crippen LogP contribution is -2.30. The van der Waals surface area contributed by atoms with Crippen LogP contribution >= 0.6 is 15.9 Å². The summed E-state index contributed by atoms with van der Waals surface area (Å²) in [5, 5.41) is 10.7. The van der Waals surface area contributed by atoms with Gasteiger partial charge < -0.3 is 5.11 Å². The van der Waals surface area contributed by atoms with E-state index in [0.717, 1.165) is 10.0 Å². The normalized spacial score (nSPS) is 16.8. The van der Waals surface area contributed by atoms with Gasteiger partial charge in [-0.15, -0.1) is 0 Å². The van der Waals surface area contributed by atoms with Crippen molar-refractivity contribution in [2.75, 3.05) is 4.90 Å². The van der Waals surface area contributed by atoms with Gasteiger partial charge in [0.25, 0.3) is 5.91 Å². The van der Waals surface area contributed by atoms with Crippen LogP contribution in [0.1, 0.15) is 22.7 Å². The highest BCUT2D eigenvalue weighted by molar-refractivity contribution is 9.10. The summed E-state index contributed by atoms with van der Waals surface area (Å²) in [4.78, 5) is 14.5. The zero-order valence-corrected chi connectivity index (χ0v) is 16.7. The van der Waals surface area contributed by atoms with Crippen LogP contribution < -0.4 is 4.90 Å². The van der Waals surface area contributed by atoms with Crippen LogP contribution in [0.4, 0.5) is 10.1 Å². The molecule has 4 rings (SSSR count). The zero-order chi connectivity index (χ0) is 19.8. The number of carbonyl (C=O) groups excluding carboxylic acids is 1. The molecule has 3 aromatic rings. The molecule has 1 aliphatic heterocycles. The average Bonchev–Trinajstić information content (AvgIpc) is 2.95. The Kier molecular flexibility index (Phi) is 4.77. The van der Waals surface area contributed by atoms with Crippen molar-refractivity contribution in [1.29, 1.82) is 0 Å². The summed E-state index contributed by atoms with van der Waals surface area (Å²) in [6.45, 7) is 1.96. The molecule has 0 saturated heterocycles. The van der Waals surface area contributed by atoms with Crippen molar-refractivity contribution >= 4 is 33.1 Å². The van der Waals surface area contributed by atoms with E-state index in [4.69, 9.17) is 0 Å². The minimum atomic E-state index is -0.766. The maximum absolute atomic E-state index is 14.8. The first-order chi connectivity index (χ1) is 13.5. The summed E-state index contributed by atoms with van der Waals surface area (Å²) in [6, 6.07) is 20.2. The molecule has 3 nitrogen and oxygen atoms in total. The van der Waals surface area contributed by atoms with Gasteiger partial charge in [0.15, 0.2) is 5.76 Å². The van der Waals surface area contributed by atoms with Crippen LogP contribution in [0.25, 0.3) is 5.57 Å². The van der Waals surface area contributed by atoms with Crippen LogP contribution in [0.2, 0.25) is 0 Å². The second-order valence-electron chi connectivity index (χ2n) is 6.70. The van der Waals surface area contributed by atoms with Crippen LogP contribution in [0.5, 0.6) is 0 Å². The Morgan fingerprint density at radius 3 is 2.25 bits per heavy atom. The Bertz CT molecular complexity index is 1070. The third-order valence-electron chi connectivity index (χ3n) is 4.88. The molecule has 0 aromatic heterocycles. The number of rotatable bonds is 3. The third-order valence-corrected chi connectivity index (χ3v) is 5.40. The number of hydrogen-bond acceptors (Lipinski definition) is 2. The van der Waals surface area contributed by atoms with Gasteiger partial charge in [0, 0.05) is 21.3 Å². The Morgan fingerprint density at radius 1 is 0.964 bits per heavy atom. The number of benzene rings is 3. The summed E-state index contributed by atoms with van der Waals surface area (Å²) in [5.74, 6) is -1.34. The van der Waals surface area contributed by atoms with E-state index in [0.29, 0.717) is 22.4 Å². The van der Waals surface area contributed by atoms with Crippen molar-refractivity contribution in [3.63, 3.8) is 0 Å². The van der Waals surface area contributed by atoms with Crippen LogP contribution in [0.15, 0.2) is 83.0 Å². The fourth-order valence-corrected chi connectivity index (χ4v) is 3.76. The molecule has 28 heavy (non-hydrogen) atoms. The maximum Gasteiger partial charge on any atom is 0.294 e. The van der Waals surface area contributed by atoms with Gasteiger partial charge in [-0.3, -0.25) is 9.69 Å². The summed E-state index contributed by atoms with van der Waals surface area (Å²) in [5.41, 5.74) is 3.05. The molecule has 0 radical (unpaired) electrons. The van der Waals surface area contributed by atoms with E-state index >= 15 is 0 Å². The summed E-state index contributed by atoms with van der Waals surface area (Å²) < 4.78 is 15.6. The Balaban J connectivity index is 1.93. The van der Waals surface area contributed by atoms with E-state index < -0.39 is 17.8 Å². The predicted octanol–water partition coefficient (Wildman–Crippen LogP) is 5.95. The number of aryl methyl sites for hydroxylation is 1. The Hall–Kier alpha value is -2.92. The second-order valence-corrected chi connectivity index (χ2v) is 7.62. The van der Waals surface area contributed by atoms with Crippen molar-refractivity contribution in [2.24, 2.45) is 0 Å². The van der Waals surface area contributed by atoms with Crippen molar-refractivity contribution in [2.45, 2.75) is 13.0 Å². The van der Waals surface area contributed by atoms with Gasteiger partial charge in [-0.25, -0.2) is 4.39 Å². The van der Waals surface area contributed by atoms with E-state index in [9.17, 15) is 14.3 Å². The van der Waals surface area contributed by atoms with Gasteiger partial charge in [0.1, 0.15) is 5.82 Å². The predicted molar refractivity (Wildman–Crippen MR) is 111 cm³/mol. The SMILES string of the molecule is Cc1ccc(C2=C(O)C(=O)N(c3ccc(Br)cc3)[C@H]2c2ccccc2F)cc1. The third kappa shape index (κ3) is 3.12. The zero-order valence-electron chi connectivity index (χ0n) is 15.1. The average molecular weight is 438 g/mol. The van der Waals surface area contributed by atoms with Crippen LogP contribution in [0.3, 0.4) is 0 Å². The molecule has 0 saturated carbocycles. The van der Waals surface area contributed by atoms with Gasteiger partial charge in [-0.1, -0.05) is 64.0 Å². The van der Waals surface area contributed by atoms with Gasteiger partial charge in [0.05, 0.1) is 6.04 Å². The Morgan fingerprint density at radius 2 is 1.61 bits per heavy atom. The molecule has 0 unspecified atom stereocenters. The number of aliphatic hydroxyl groups excluding tert-OH is 1. The van der Waals surface area contributed by atoms with Gasteiger partial charge in [-0.05, 0) is 42.8 Å². The van der Waals surface area contributed by atoms with Crippen molar-refractivity contribution in [1.82, 2.24) is 0 Å². The number of amides is 1. The summed E-state index contributed by atoms with van der Waals surface area (Å²) in [7, 11) is 0. The van der Waals surface area contributed by atoms with Gasteiger partial charge in [0.2, 0.25) is 0 Å². The number of anilines is 1. The molecule has 1 heterocycles. The van der Waals surface area contributed by atoms with Gasteiger partial charge >= 0.3 is 0 Å². The second kappa shape index (κ2) is 7.24. The lowest BCUT2D eigenvalue weighted by atomic mass is 9.92. The largest absolute Gasteiger partial charge is 0.503 e. The lowest BCUT2D eigenvalue weighted by Gasteiger charge is -2.27. The first kappa shape index (κ1) is 18.4. The minimum Gasteiger partial charge on any atom is -0.503 e. The molecule has 0 bridgehead atoms. The number of aliphatic hydroxyl groups is 1. The first-order valence-electron chi connectivity index (χ1n) is 8.81. The monoisotopic (exact) mass is 437 g/mol. The topological polar surface area (TPSA) is 40.5 Å². The van der Waals surface area contributed by atoms with E-state index in [1.54, 1.807) is 30.3 Å².